The Kier molecular flexibility index (Phi) is 6.75. The first-order chi connectivity index (χ1) is 17.0. The Balaban J connectivity index is 1.19. The van der Waals surface area contributed by atoms with Crippen LogP contribution in [-0.2, 0) is 14.3 Å². The summed E-state index contributed by atoms with van der Waals surface area (Å²) >= 11 is 0. The number of carbonyl (C=O) groups excluding carboxylic acids is 2. The molecule has 184 valence electrons. The molecule has 3 N–H and O–H groups in total. The lowest BCUT2D eigenvalue weighted by Crippen LogP contribution is -2.54. The summed E-state index contributed by atoms with van der Waals surface area (Å²) in [5.41, 5.74) is 4.63. The number of fused-ring (bicyclic) bond motifs is 3. The lowest BCUT2D eigenvalue weighted by atomic mass is 9.79. The molecule has 0 radical (unpaired) electrons. The van der Waals surface area contributed by atoms with Crippen LogP contribution in [0.3, 0.4) is 0 Å². The lowest BCUT2D eigenvalue weighted by molar-refractivity contribution is -0.138. The summed E-state index contributed by atoms with van der Waals surface area (Å²) in [5.74, 6) is -0.828. The van der Waals surface area contributed by atoms with Gasteiger partial charge in [0.2, 0.25) is 5.91 Å². The average Bonchev–Trinajstić information content (AvgIpc) is 3.37. The van der Waals surface area contributed by atoms with Crippen LogP contribution in [0.25, 0.3) is 11.1 Å². The number of benzene rings is 2. The SMILES string of the molecule is O=C(O)C[C@@H]1CC[C@H](NC(=O)C(NC(=O)OCC2c3ccccc3-c3ccccc32)C2CCC2)C1. The normalized spacial score (nSPS) is 21.9. The third kappa shape index (κ3) is 5.04. The van der Waals surface area contributed by atoms with Gasteiger partial charge in [-0.25, -0.2) is 4.79 Å². The van der Waals surface area contributed by atoms with E-state index in [1.807, 2.05) is 24.3 Å². The molecule has 0 aliphatic heterocycles. The van der Waals surface area contributed by atoms with E-state index in [0.29, 0.717) is 6.42 Å². The van der Waals surface area contributed by atoms with Gasteiger partial charge in [0, 0.05) is 18.4 Å². The monoisotopic (exact) mass is 476 g/mol. The van der Waals surface area contributed by atoms with Crippen molar-refractivity contribution in [3.63, 3.8) is 0 Å². The molecule has 0 bridgehead atoms. The van der Waals surface area contributed by atoms with Gasteiger partial charge in [-0.1, -0.05) is 55.0 Å². The summed E-state index contributed by atoms with van der Waals surface area (Å²) < 4.78 is 5.67. The molecule has 35 heavy (non-hydrogen) atoms. The van der Waals surface area contributed by atoms with Gasteiger partial charge in [0.1, 0.15) is 12.6 Å². The lowest BCUT2D eigenvalue weighted by Gasteiger charge is -2.33. The molecular weight excluding hydrogens is 444 g/mol. The summed E-state index contributed by atoms with van der Waals surface area (Å²) in [6, 6.07) is 15.7. The number of rotatable bonds is 8. The molecule has 2 aromatic carbocycles. The Morgan fingerprint density at radius 1 is 0.943 bits per heavy atom. The fourth-order valence-corrected chi connectivity index (χ4v) is 5.87. The molecule has 3 aliphatic carbocycles. The Morgan fingerprint density at radius 3 is 2.20 bits per heavy atom. The number of amides is 2. The van der Waals surface area contributed by atoms with Crippen molar-refractivity contribution in [3.05, 3.63) is 59.7 Å². The highest BCUT2D eigenvalue weighted by Crippen LogP contribution is 2.44. The van der Waals surface area contributed by atoms with Crippen molar-refractivity contribution in [2.45, 2.75) is 62.9 Å². The van der Waals surface area contributed by atoms with Crippen LogP contribution in [0.1, 0.15) is 62.0 Å². The van der Waals surface area contributed by atoms with Crippen molar-refractivity contribution < 1.29 is 24.2 Å². The maximum Gasteiger partial charge on any atom is 0.407 e. The first-order valence-electron chi connectivity index (χ1n) is 12.6. The molecule has 2 aromatic rings. The van der Waals surface area contributed by atoms with Gasteiger partial charge >= 0.3 is 12.1 Å². The zero-order valence-corrected chi connectivity index (χ0v) is 19.7. The van der Waals surface area contributed by atoms with Crippen LogP contribution in [0, 0.1) is 11.8 Å². The molecule has 7 nitrogen and oxygen atoms in total. The first kappa shape index (κ1) is 23.4. The van der Waals surface area contributed by atoms with Crippen LogP contribution in [0.4, 0.5) is 4.79 Å². The van der Waals surface area contributed by atoms with Gasteiger partial charge < -0.3 is 20.5 Å². The standard InChI is InChI=1S/C28H32N2O5/c31-25(32)15-17-12-13-19(14-17)29-27(33)26(18-6-5-7-18)30-28(34)35-16-24-22-10-3-1-8-20(22)21-9-2-4-11-23(21)24/h1-4,8-11,17-19,24,26H,5-7,12-16H2,(H,29,33)(H,30,34)(H,31,32)/t17-,19+,26?/m1/s1. The molecule has 7 heteroatoms. The molecular formula is C28H32N2O5. The predicted octanol–water partition coefficient (Wildman–Crippen LogP) is 4.45. The molecule has 5 rings (SSSR count). The van der Waals surface area contributed by atoms with E-state index < -0.39 is 18.1 Å². The van der Waals surface area contributed by atoms with E-state index in [4.69, 9.17) is 9.84 Å². The van der Waals surface area contributed by atoms with Crippen LogP contribution in [-0.4, -0.2) is 41.8 Å². The molecule has 0 aromatic heterocycles. The van der Waals surface area contributed by atoms with E-state index in [1.165, 1.54) is 11.1 Å². The van der Waals surface area contributed by atoms with Crippen molar-refractivity contribution >= 4 is 18.0 Å². The fraction of sp³-hybridized carbons (Fsp3) is 0.464. The van der Waals surface area contributed by atoms with Crippen LogP contribution >= 0.6 is 0 Å². The first-order valence-corrected chi connectivity index (χ1v) is 12.6. The molecule has 0 saturated heterocycles. The van der Waals surface area contributed by atoms with E-state index in [-0.39, 0.29) is 42.7 Å². The largest absolute Gasteiger partial charge is 0.481 e. The molecule has 2 fully saturated rings. The van der Waals surface area contributed by atoms with Gasteiger partial charge in [-0.3, -0.25) is 9.59 Å². The van der Waals surface area contributed by atoms with E-state index in [1.54, 1.807) is 0 Å². The Bertz CT molecular complexity index is 1070. The van der Waals surface area contributed by atoms with E-state index >= 15 is 0 Å². The second kappa shape index (κ2) is 10.1. The highest BCUT2D eigenvalue weighted by atomic mass is 16.5. The number of carbonyl (C=O) groups is 3. The van der Waals surface area contributed by atoms with E-state index in [0.717, 1.165) is 43.2 Å². The molecule has 3 atom stereocenters. The third-order valence-electron chi connectivity index (χ3n) is 7.87. The van der Waals surface area contributed by atoms with Crippen molar-refractivity contribution in [1.29, 1.82) is 0 Å². The number of carboxylic acids is 1. The molecule has 2 saturated carbocycles. The fourth-order valence-electron chi connectivity index (χ4n) is 5.87. The molecule has 2 amide bonds. The third-order valence-corrected chi connectivity index (χ3v) is 7.87. The average molecular weight is 477 g/mol. The summed E-state index contributed by atoms with van der Waals surface area (Å²) in [5, 5.41) is 14.9. The highest BCUT2D eigenvalue weighted by molar-refractivity contribution is 5.86. The summed E-state index contributed by atoms with van der Waals surface area (Å²) in [6.45, 7) is 0.207. The van der Waals surface area contributed by atoms with Crippen molar-refractivity contribution in [2.75, 3.05) is 6.61 Å². The number of hydrogen-bond donors (Lipinski definition) is 3. The molecule has 3 aliphatic rings. The minimum absolute atomic E-state index is 0.0335. The van der Waals surface area contributed by atoms with Gasteiger partial charge in [-0.05, 0) is 66.2 Å². The van der Waals surface area contributed by atoms with Crippen molar-refractivity contribution in [3.8, 4) is 11.1 Å². The Morgan fingerprint density at radius 2 is 1.60 bits per heavy atom. The Hall–Kier alpha value is -3.35. The van der Waals surface area contributed by atoms with Gasteiger partial charge in [0.25, 0.3) is 0 Å². The van der Waals surface area contributed by atoms with Crippen molar-refractivity contribution in [2.24, 2.45) is 11.8 Å². The van der Waals surface area contributed by atoms with Crippen molar-refractivity contribution in [1.82, 2.24) is 10.6 Å². The van der Waals surface area contributed by atoms with Crippen LogP contribution < -0.4 is 10.6 Å². The van der Waals surface area contributed by atoms with Gasteiger partial charge in [-0.15, -0.1) is 0 Å². The minimum atomic E-state index is -0.800. The maximum atomic E-state index is 13.1. The second-order valence-electron chi connectivity index (χ2n) is 10.1. The van der Waals surface area contributed by atoms with Crippen LogP contribution in [0.5, 0.6) is 0 Å². The minimum Gasteiger partial charge on any atom is -0.481 e. The number of ether oxygens (including phenoxy) is 1. The maximum absolute atomic E-state index is 13.1. The highest BCUT2D eigenvalue weighted by Gasteiger charge is 2.37. The van der Waals surface area contributed by atoms with Gasteiger partial charge in [0.15, 0.2) is 0 Å². The summed E-state index contributed by atoms with van der Waals surface area (Å²) in [4.78, 5) is 36.9. The van der Waals surface area contributed by atoms with Crippen LogP contribution in [0.2, 0.25) is 0 Å². The number of alkyl carbamates (subject to hydrolysis) is 1. The van der Waals surface area contributed by atoms with E-state index in [9.17, 15) is 14.4 Å². The van der Waals surface area contributed by atoms with Gasteiger partial charge in [-0.2, -0.15) is 0 Å². The zero-order chi connectivity index (χ0) is 24.4. The topological polar surface area (TPSA) is 105 Å². The number of hydrogen-bond acceptors (Lipinski definition) is 4. The van der Waals surface area contributed by atoms with Gasteiger partial charge in [0.05, 0.1) is 0 Å². The molecule has 0 spiro atoms. The number of aliphatic carboxylic acids is 1. The predicted molar refractivity (Wildman–Crippen MR) is 131 cm³/mol. The molecule has 1 unspecified atom stereocenters. The number of carboxylic acid groups (broad SMARTS) is 1. The summed E-state index contributed by atoms with van der Waals surface area (Å²) in [7, 11) is 0. The number of nitrogens with one attached hydrogen (secondary N) is 2. The van der Waals surface area contributed by atoms with Crippen LogP contribution in [0.15, 0.2) is 48.5 Å². The van der Waals surface area contributed by atoms with E-state index in [2.05, 4.69) is 34.9 Å². The Labute approximate surface area is 205 Å². The smallest absolute Gasteiger partial charge is 0.407 e. The quantitative estimate of drug-likeness (QED) is 0.522. The zero-order valence-electron chi connectivity index (χ0n) is 19.7. The second-order valence-corrected chi connectivity index (χ2v) is 10.1. The molecule has 0 heterocycles. The summed E-state index contributed by atoms with van der Waals surface area (Å²) in [6.07, 6.45) is 4.63.